The lowest BCUT2D eigenvalue weighted by atomic mass is 10.1. The average molecular weight is 519 g/mol. The molecule has 0 aliphatic heterocycles. The molecule has 0 amide bonds. The number of rotatable bonds is 5. The van der Waals surface area contributed by atoms with Crippen molar-refractivity contribution in [3.05, 3.63) is 103 Å². The molecule has 0 spiro atoms. The molecule has 3 aromatic heterocycles. The first-order valence-electron chi connectivity index (χ1n) is 10.6. The molecule has 0 atom stereocenters. The van der Waals surface area contributed by atoms with Crippen LogP contribution in [0.15, 0.2) is 70.6 Å². The van der Waals surface area contributed by atoms with Crippen LogP contribution in [-0.4, -0.2) is 28.9 Å². The summed E-state index contributed by atoms with van der Waals surface area (Å²) < 4.78 is 3.82. The molecule has 0 fully saturated rings. The Balaban J connectivity index is 1.68. The first kappa shape index (κ1) is 23.3. The van der Waals surface area contributed by atoms with Crippen molar-refractivity contribution in [2.45, 2.75) is 6.54 Å². The van der Waals surface area contributed by atoms with E-state index >= 15 is 0 Å². The van der Waals surface area contributed by atoms with Gasteiger partial charge in [0.1, 0.15) is 0 Å². The number of nitriles is 1. The van der Waals surface area contributed by atoms with Crippen molar-refractivity contribution in [2.75, 3.05) is 5.32 Å². The number of nitrogens with zero attached hydrogens (tertiary/aromatic N) is 7. The number of aryl methyl sites for hydroxylation is 1. The normalized spacial score (nSPS) is 10.9. The van der Waals surface area contributed by atoms with Crippen molar-refractivity contribution >= 4 is 45.7 Å². The van der Waals surface area contributed by atoms with E-state index in [1.165, 1.54) is 23.0 Å². The first-order chi connectivity index (χ1) is 17.3. The molecule has 0 radical (unpaired) electrons. The van der Waals surface area contributed by atoms with Crippen molar-refractivity contribution in [1.29, 1.82) is 5.26 Å². The molecule has 2 aromatic carbocycles. The number of hydrogen-bond donors (Lipinski definition) is 1. The zero-order valence-corrected chi connectivity index (χ0v) is 20.2. The number of pyridine rings is 1. The van der Waals surface area contributed by atoms with E-state index < -0.39 is 11.4 Å². The predicted molar refractivity (Wildman–Crippen MR) is 136 cm³/mol. The third kappa shape index (κ3) is 4.45. The van der Waals surface area contributed by atoms with E-state index in [4.69, 9.17) is 23.2 Å². The van der Waals surface area contributed by atoms with Crippen LogP contribution in [0.5, 0.6) is 0 Å². The molecule has 0 saturated carbocycles. The molecule has 3 heterocycles. The van der Waals surface area contributed by atoms with Crippen LogP contribution in [0.2, 0.25) is 10.0 Å². The van der Waals surface area contributed by atoms with E-state index in [9.17, 15) is 14.9 Å². The molecule has 0 saturated heterocycles. The fourth-order valence-electron chi connectivity index (χ4n) is 3.77. The van der Waals surface area contributed by atoms with Crippen molar-refractivity contribution in [1.82, 2.24) is 28.9 Å². The van der Waals surface area contributed by atoms with Gasteiger partial charge in [0.25, 0.3) is 0 Å². The van der Waals surface area contributed by atoms with Crippen LogP contribution in [0.25, 0.3) is 16.6 Å². The highest BCUT2D eigenvalue weighted by atomic mass is 35.5. The summed E-state index contributed by atoms with van der Waals surface area (Å²) in [5.41, 5.74) is 0.912. The molecule has 10 nitrogen and oxygen atoms in total. The molecule has 0 unspecified atom stereocenters. The molecule has 1 N–H and O–H groups in total. The van der Waals surface area contributed by atoms with Gasteiger partial charge in [-0.2, -0.15) is 15.3 Å². The second-order valence-electron chi connectivity index (χ2n) is 7.90. The zero-order chi connectivity index (χ0) is 25.4. The van der Waals surface area contributed by atoms with Crippen LogP contribution < -0.4 is 16.7 Å². The maximum atomic E-state index is 13.7. The number of nitrogens with one attached hydrogen (secondary N) is 1. The minimum atomic E-state index is -0.817. The summed E-state index contributed by atoms with van der Waals surface area (Å²) in [6.45, 7) is -0.0636. The third-order valence-electron chi connectivity index (χ3n) is 5.40. The van der Waals surface area contributed by atoms with Gasteiger partial charge in [-0.15, -0.1) is 0 Å². The van der Waals surface area contributed by atoms with Gasteiger partial charge in [0, 0.05) is 35.5 Å². The zero-order valence-electron chi connectivity index (χ0n) is 18.7. The molecule has 178 valence electrons. The lowest BCUT2D eigenvalue weighted by molar-refractivity contribution is 0.657. The molecule has 5 aromatic rings. The van der Waals surface area contributed by atoms with E-state index in [2.05, 4.69) is 26.5 Å². The van der Waals surface area contributed by atoms with Gasteiger partial charge in [-0.1, -0.05) is 23.2 Å². The van der Waals surface area contributed by atoms with Crippen LogP contribution in [-0.2, 0) is 13.6 Å². The van der Waals surface area contributed by atoms with Gasteiger partial charge in [-0.3, -0.25) is 14.2 Å². The molecule has 0 aliphatic rings. The highest BCUT2D eigenvalue weighted by Gasteiger charge is 2.17. The molecule has 36 heavy (non-hydrogen) atoms. The molecule has 0 aliphatic carbocycles. The Bertz CT molecular complexity index is 1800. The fourth-order valence-corrected chi connectivity index (χ4v) is 4.11. The molecule has 0 bridgehead atoms. The van der Waals surface area contributed by atoms with Crippen LogP contribution in [0.4, 0.5) is 11.6 Å². The van der Waals surface area contributed by atoms with E-state index in [-0.39, 0.29) is 23.2 Å². The van der Waals surface area contributed by atoms with E-state index in [1.807, 2.05) is 25.4 Å². The number of hydrogen-bond acceptors (Lipinski definition) is 7. The molecular weight excluding hydrogens is 503 g/mol. The van der Waals surface area contributed by atoms with Gasteiger partial charge in [0.15, 0.2) is 0 Å². The van der Waals surface area contributed by atoms with Crippen LogP contribution >= 0.6 is 23.2 Å². The summed E-state index contributed by atoms with van der Waals surface area (Å²) in [4.78, 5) is 34.8. The summed E-state index contributed by atoms with van der Waals surface area (Å²) in [7, 11) is 1.82. The maximum Gasteiger partial charge on any atom is 0.359 e. The molecular formula is C24H16Cl2N8O2. The summed E-state index contributed by atoms with van der Waals surface area (Å²) in [6.07, 6.45) is 4.57. The number of anilines is 2. The Hall–Kier alpha value is -4.46. The second-order valence-corrected chi connectivity index (χ2v) is 8.75. The Morgan fingerprint density at radius 1 is 1.08 bits per heavy atom. The SMILES string of the molecule is Cn1cc2cc(Nc3nc(=O)n(-c4cncc(Cl)c4)c(=O)n3Cc3cc(C#N)ccc3Cl)ccc2n1. The van der Waals surface area contributed by atoms with E-state index in [0.29, 0.717) is 21.8 Å². The van der Waals surface area contributed by atoms with Gasteiger partial charge in [-0.25, -0.2) is 14.2 Å². The number of aromatic nitrogens is 6. The Kier molecular flexibility index (Phi) is 6.01. The van der Waals surface area contributed by atoms with Crippen molar-refractivity contribution < 1.29 is 0 Å². The van der Waals surface area contributed by atoms with E-state index in [1.54, 1.807) is 28.9 Å². The quantitative estimate of drug-likeness (QED) is 0.376. The lowest BCUT2D eigenvalue weighted by Gasteiger charge is -2.16. The number of halogens is 2. The van der Waals surface area contributed by atoms with Crippen LogP contribution in [0.1, 0.15) is 11.1 Å². The summed E-state index contributed by atoms with van der Waals surface area (Å²) >= 11 is 12.4. The summed E-state index contributed by atoms with van der Waals surface area (Å²) in [6, 6.07) is 13.6. The monoisotopic (exact) mass is 518 g/mol. The van der Waals surface area contributed by atoms with Crippen LogP contribution in [0.3, 0.4) is 0 Å². The Morgan fingerprint density at radius 2 is 1.92 bits per heavy atom. The van der Waals surface area contributed by atoms with Gasteiger partial charge in [-0.05, 0) is 48.0 Å². The largest absolute Gasteiger partial charge is 0.359 e. The topological polar surface area (TPSA) is 123 Å². The minimum Gasteiger partial charge on any atom is -0.325 e. The molecule has 5 rings (SSSR count). The number of fused-ring (bicyclic) bond motifs is 1. The minimum absolute atomic E-state index is 0.00194. The average Bonchev–Trinajstić information content (AvgIpc) is 3.22. The smallest absolute Gasteiger partial charge is 0.325 e. The Morgan fingerprint density at radius 3 is 2.69 bits per heavy atom. The molecule has 12 heteroatoms. The van der Waals surface area contributed by atoms with Gasteiger partial charge in [0.2, 0.25) is 5.95 Å². The van der Waals surface area contributed by atoms with Gasteiger partial charge >= 0.3 is 11.4 Å². The fraction of sp³-hybridized carbons (Fsp3) is 0.0833. The van der Waals surface area contributed by atoms with Crippen molar-refractivity contribution in [3.8, 4) is 11.8 Å². The maximum absolute atomic E-state index is 13.7. The highest BCUT2D eigenvalue weighted by Crippen LogP contribution is 2.23. The Labute approximate surface area is 213 Å². The van der Waals surface area contributed by atoms with Crippen LogP contribution in [0, 0.1) is 11.3 Å². The lowest BCUT2D eigenvalue weighted by Crippen LogP contribution is -2.41. The highest BCUT2D eigenvalue weighted by molar-refractivity contribution is 6.31. The summed E-state index contributed by atoms with van der Waals surface area (Å²) in [5, 5.41) is 18.2. The van der Waals surface area contributed by atoms with Crippen molar-refractivity contribution in [3.63, 3.8) is 0 Å². The van der Waals surface area contributed by atoms with Gasteiger partial charge < -0.3 is 5.32 Å². The van der Waals surface area contributed by atoms with E-state index in [0.717, 1.165) is 15.5 Å². The standard InChI is InChI=1S/C24H16Cl2N8O2/c1-32-12-16-7-18(3-5-21(16)31-32)29-22-30-23(35)34(19-8-17(25)10-28-11-19)24(36)33(22)13-15-6-14(9-27)2-4-20(15)26/h2-8,10-12H,13H2,1H3,(H,29,30,35). The van der Waals surface area contributed by atoms with Gasteiger partial charge in [0.05, 0.1) is 40.6 Å². The summed E-state index contributed by atoms with van der Waals surface area (Å²) in [5.74, 6) is -0.00194. The predicted octanol–water partition coefficient (Wildman–Crippen LogP) is 3.65. The third-order valence-corrected chi connectivity index (χ3v) is 5.97. The van der Waals surface area contributed by atoms with Crippen molar-refractivity contribution in [2.24, 2.45) is 7.05 Å². The second kappa shape index (κ2) is 9.30. The first-order valence-corrected chi connectivity index (χ1v) is 11.3. The number of benzene rings is 2.